The van der Waals surface area contributed by atoms with Gasteiger partial charge in [0.25, 0.3) is 0 Å². The summed E-state index contributed by atoms with van der Waals surface area (Å²) in [5.74, 6) is 0. The van der Waals surface area contributed by atoms with Gasteiger partial charge in [-0.2, -0.15) is 0 Å². The number of urea groups is 1. The molecule has 6 heteroatoms. The summed E-state index contributed by atoms with van der Waals surface area (Å²) in [4.78, 5) is 11.5. The molecule has 0 bridgehead atoms. The third kappa shape index (κ3) is 5.35. The van der Waals surface area contributed by atoms with Gasteiger partial charge < -0.3 is 20.5 Å². The Labute approximate surface area is 111 Å². The molecule has 0 aliphatic rings. The van der Waals surface area contributed by atoms with Gasteiger partial charge in [-0.15, -0.1) is 0 Å². The van der Waals surface area contributed by atoms with Crippen LogP contribution >= 0.6 is 11.6 Å². The van der Waals surface area contributed by atoms with E-state index in [1.165, 1.54) is 0 Å². The first-order valence-electron chi connectivity index (χ1n) is 5.63. The first kappa shape index (κ1) is 14.8. The van der Waals surface area contributed by atoms with Crippen molar-refractivity contribution in [2.24, 2.45) is 0 Å². The molecule has 0 radical (unpaired) electrons. The zero-order chi connectivity index (χ0) is 13.4. The van der Waals surface area contributed by atoms with E-state index in [2.05, 4.69) is 10.6 Å². The molecule has 1 aromatic rings. The van der Waals surface area contributed by atoms with E-state index in [0.29, 0.717) is 23.9 Å². The van der Waals surface area contributed by atoms with E-state index in [0.717, 1.165) is 5.56 Å². The first-order chi connectivity index (χ1) is 8.63. The summed E-state index contributed by atoms with van der Waals surface area (Å²) in [5.41, 5.74) is 1.60. The summed E-state index contributed by atoms with van der Waals surface area (Å²) in [5, 5.41) is 14.4. The van der Waals surface area contributed by atoms with Gasteiger partial charge in [-0.05, 0) is 24.6 Å². The summed E-state index contributed by atoms with van der Waals surface area (Å²) >= 11 is 5.94. The highest BCUT2D eigenvalue weighted by atomic mass is 35.5. The number of benzene rings is 1. The molecule has 0 aliphatic heterocycles. The zero-order valence-corrected chi connectivity index (χ0v) is 11.0. The molecular formula is C12H17ClN2O3. The molecule has 0 fully saturated rings. The number of aliphatic hydroxyl groups excluding tert-OH is 1. The van der Waals surface area contributed by atoms with Gasteiger partial charge >= 0.3 is 6.03 Å². The minimum atomic E-state index is -0.317. The Morgan fingerprint density at radius 2 is 2.22 bits per heavy atom. The molecule has 0 atom stereocenters. The van der Waals surface area contributed by atoms with Crippen molar-refractivity contribution in [1.29, 1.82) is 0 Å². The molecule has 5 nitrogen and oxygen atoms in total. The number of rotatable bonds is 6. The number of ether oxygens (including phenoxy) is 1. The van der Waals surface area contributed by atoms with Gasteiger partial charge in [-0.3, -0.25) is 0 Å². The number of halogens is 1. The number of carbonyl (C=O) groups excluding carboxylic acids is 1. The molecule has 3 N–H and O–H groups in total. The predicted octanol–water partition coefficient (Wildman–Crippen LogP) is 1.78. The lowest BCUT2D eigenvalue weighted by Crippen LogP contribution is -2.31. The second kappa shape index (κ2) is 7.92. The normalized spacial score (nSPS) is 10.2. The molecule has 0 unspecified atom stereocenters. The fourth-order valence-corrected chi connectivity index (χ4v) is 1.43. The number of anilines is 1. The molecule has 0 aromatic heterocycles. The second-order valence-corrected chi connectivity index (χ2v) is 4.09. The molecule has 0 saturated carbocycles. The van der Waals surface area contributed by atoms with Crippen LogP contribution in [0.25, 0.3) is 0 Å². The largest absolute Gasteiger partial charge is 0.394 e. The van der Waals surface area contributed by atoms with Crippen molar-refractivity contribution in [3.63, 3.8) is 0 Å². The highest BCUT2D eigenvalue weighted by Gasteiger charge is 2.02. The molecule has 18 heavy (non-hydrogen) atoms. The van der Waals surface area contributed by atoms with E-state index < -0.39 is 0 Å². The van der Waals surface area contributed by atoms with Crippen LogP contribution in [0, 0.1) is 6.92 Å². The van der Waals surface area contributed by atoms with E-state index in [9.17, 15) is 4.79 Å². The molecule has 1 aromatic carbocycles. The third-order valence-electron chi connectivity index (χ3n) is 2.20. The second-order valence-electron chi connectivity index (χ2n) is 3.68. The van der Waals surface area contributed by atoms with E-state index >= 15 is 0 Å². The number of aryl methyl sites for hydroxylation is 1. The van der Waals surface area contributed by atoms with Crippen molar-refractivity contribution in [2.45, 2.75) is 6.92 Å². The van der Waals surface area contributed by atoms with Gasteiger partial charge in [0, 0.05) is 17.3 Å². The molecular weight excluding hydrogens is 256 g/mol. The maximum absolute atomic E-state index is 11.5. The predicted molar refractivity (Wildman–Crippen MR) is 71.1 cm³/mol. The highest BCUT2D eigenvalue weighted by Crippen LogP contribution is 2.19. The lowest BCUT2D eigenvalue weighted by molar-refractivity contribution is 0.0950. The number of aliphatic hydroxyl groups is 1. The number of nitrogens with one attached hydrogen (secondary N) is 2. The Bertz CT molecular complexity index is 399. The van der Waals surface area contributed by atoms with E-state index in [4.69, 9.17) is 21.4 Å². The van der Waals surface area contributed by atoms with Crippen molar-refractivity contribution >= 4 is 23.3 Å². The number of hydrogen-bond donors (Lipinski definition) is 3. The topological polar surface area (TPSA) is 70.6 Å². The van der Waals surface area contributed by atoms with Gasteiger partial charge in [0.15, 0.2) is 0 Å². The van der Waals surface area contributed by atoms with Crippen LogP contribution in [0.2, 0.25) is 5.02 Å². The lowest BCUT2D eigenvalue weighted by atomic mass is 10.2. The third-order valence-corrected chi connectivity index (χ3v) is 2.60. The molecule has 0 spiro atoms. The molecule has 100 valence electrons. The van der Waals surface area contributed by atoms with Crippen LogP contribution in [0.4, 0.5) is 10.5 Å². The first-order valence-corrected chi connectivity index (χ1v) is 6.01. The zero-order valence-electron chi connectivity index (χ0n) is 10.2. The summed E-state index contributed by atoms with van der Waals surface area (Å²) < 4.78 is 5.00. The van der Waals surface area contributed by atoms with Crippen molar-refractivity contribution in [1.82, 2.24) is 5.32 Å². The average Bonchev–Trinajstić information content (AvgIpc) is 2.34. The van der Waals surface area contributed by atoms with Gasteiger partial charge in [-0.25, -0.2) is 4.79 Å². The lowest BCUT2D eigenvalue weighted by Gasteiger charge is -2.08. The molecule has 0 heterocycles. The fourth-order valence-electron chi connectivity index (χ4n) is 1.25. The minimum Gasteiger partial charge on any atom is -0.394 e. The van der Waals surface area contributed by atoms with Crippen LogP contribution in [-0.2, 0) is 4.74 Å². The summed E-state index contributed by atoms with van der Waals surface area (Å²) in [6.45, 7) is 2.89. The van der Waals surface area contributed by atoms with E-state index in [1.54, 1.807) is 12.1 Å². The SMILES string of the molecule is Cc1ccc(NC(=O)NCCOCCO)cc1Cl. The quantitative estimate of drug-likeness (QED) is 0.692. The Kier molecular flexibility index (Phi) is 6.49. The van der Waals surface area contributed by atoms with Crippen LogP contribution < -0.4 is 10.6 Å². The van der Waals surface area contributed by atoms with E-state index in [1.807, 2.05) is 13.0 Å². The average molecular weight is 273 g/mol. The number of amides is 2. The Hall–Kier alpha value is -1.30. The Balaban J connectivity index is 2.29. The van der Waals surface area contributed by atoms with Crippen LogP contribution in [0.3, 0.4) is 0 Å². The van der Waals surface area contributed by atoms with Crippen molar-refractivity contribution in [3.8, 4) is 0 Å². The van der Waals surface area contributed by atoms with Crippen LogP contribution in [0.15, 0.2) is 18.2 Å². The smallest absolute Gasteiger partial charge is 0.319 e. The number of carbonyl (C=O) groups is 1. The van der Waals surface area contributed by atoms with Crippen LogP contribution in [0.1, 0.15) is 5.56 Å². The molecule has 2 amide bonds. The molecule has 1 rings (SSSR count). The van der Waals surface area contributed by atoms with Gasteiger partial charge in [0.1, 0.15) is 0 Å². The standard InChI is InChI=1S/C12H17ClN2O3/c1-9-2-3-10(8-11(9)13)15-12(17)14-4-6-18-7-5-16/h2-3,8,16H,4-7H2,1H3,(H2,14,15,17). The van der Waals surface area contributed by atoms with Gasteiger partial charge in [-0.1, -0.05) is 17.7 Å². The van der Waals surface area contributed by atoms with Crippen molar-refractivity contribution in [3.05, 3.63) is 28.8 Å². The maximum Gasteiger partial charge on any atom is 0.319 e. The minimum absolute atomic E-state index is 0.0198. The number of hydrogen-bond acceptors (Lipinski definition) is 3. The van der Waals surface area contributed by atoms with Crippen molar-refractivity contribution in [2.75, 3.05) is 31.7 Å². The summed E-state index contributed by atoms with van der Waals surface area (Å²) in [7, 11) is 0. The molecule has 0 saturated heterocycles. The summed E-state index contributed by atoms with van der Waals surface area (Å²) in [6, 6.07) is 4.99. The van der Waals surface area contributed by atoms with Crippen LogP contribution in [-0.4, -0.2) is 37.5 Å². The van der Waals surface area contributed by atoms with Gasteiger partial charge in [0.2, 0.25) is 0 Å². The van der Waals surface area contributed by atoms with Crippen LogP contribution in [0.5, 0.6) is 0 Å². The van der Waals surface area contributed by atoms with Crippen molar-refractivity contribution < 1.29 is 14.6 Å². The Morgan fingerprint density at radius 3 is 2.89 bits per heavy atom. The maximum atomic E-state index is 11.5. The molecule has 0 aliphatic carbocycles. The summed E-state index contributed by atoms with van der Waals surface area (Å²) in [6.07, 6.45) is 0. The fraction of sp³-hybridized carbons (Fsp3) is 0.417. The Morgan fingerprint density at radius 1 is 1.44 bits per heavy atom. The highest BCUT2D eigenvalue weighted by molar-refractivity contribution is 6.31. The van der Waals surface area contributed by atoms with Gasteiger partial charge in [0.05, 0.1) is 19.8 Å². The monoisotopic (exact) mass is 272 g/mol. The van der Waals surface area contributed by atoms with E-state index in [-0.39, 0.29) is 19.2 Å².